The van der Waals surface area contributed by atoms with Gasteiger partial charge in [0.2, 0.25) is 0 Å². The molecule has 0 saturated heterocycles. The Balaban J connectivity index is 2.17. The van der Waals surface area contributed by atoms with Gasteiger partial charge in [-0.2, -0.15) is 0 Å². The lowest BCUT2D eigenvalue weighted by Crippen LogP contribution is -2.35. The molecule has 1 amide bonds. The van der Waals surface area contributed by atoms with Crippen LogP contribution in [0, 0.1) is 0 Å². The van der Waals surface area contributed by atoms with Crippen molar-refractivity contribution in [2.75, 3.05) is 40.5 Å². The summed E-state index contributed by atoms with van der Waals surface area (Å²) in [4.78, 5) is 17.7. The van der Waals surface area contributed by atoms with Crippen LogP contribution >= 0.6 is 0 Å². The maximum atomic E-state index is 12.8. The first-order valence-corrected chi connectivity index (χ1v) is 7.11. The highest BCUT2D eigenvalue weighted by atomic mass is 16.5. The van der Waals surface area contributed by atoms with Gasteiger partial charge < -0.3 is 19.4 Å². The molecule has 2 rings (SSSR count). The number of hydrogen-bond acceptors (Lipinski definition) is 3. The van der Waals surface area contributed by atoms with E-state index in [9.17, 15) is 4.79 Å². The molecule has 21 heavy (non-hydrogen) atoms. The fourth-order valence-electron chi connectivity index (χ4n) is 2.35. The molecule has 2 aromatic rings. The number of H-pyrrole nitrogens is 1. The van der Waals surface area contributed by atoms with E-state index in [0.717, 1.165) is 17.3 Å². The van der Waals surface area contributed by atoms with Crippen LogP contribution in [0.4, 0.5) is 0 Å². The van der Waals surface area contributed by atoms with Crippen LogP contribution in [-0.4, -0.2) is 56.3 Å². The number of hydrogen-bond donors (Lipinski definition) is 1. The first kappa shape index (κ1) is 15.5. The third-order valence-electron chi connectivity index (χ3n) is 3.45. The number of nitrogens with one attached hydrogen (secondary N) is 1. The highest BCUT2D eigenvalue weighted by Gasteiger charge is 2.18. The van der Waals surface area contributed by atoms with E-state index in [-0.39, 0.29) is 5.91 Å². The van der Waals surface area contributed by atoms with Crippen molar-refractivity contribution in [1.29, 1.82) is 0 Å². The summed E-state index contributed by atoms with van der Waals surface area (Å²) < 4.78 is 10.2. The SMILES string of the molecule is COCCCN(CCOC)C(=O)c1cccc2cc[nH]c12. The largest absolute Gasteiger partial charge is 0.385 e. The fourth-order valence-corrected chi connectivity index (χ4v) is 2.35. The van der Waals surface area contributed by atoms with Gasteiger partial charge in [-0.3, -0.25) is 4.79 Å². The number of carbonyl (C=O) groups is 1. The summed E-state index contributed by atoms with van der Waals surface area (Å²) in [6.45, 7) is 2.41. The molecule has 5 nitrogen and oxygen atoms in total. The molecule has 1 heterocycles. The van der Waals surface area contributed by atoms with Gasteiger partial charge in [0.15, 0.2) is 0 Å². The predicted molar refractivity (Wildman–Crippen MR) is 82.6 cm³/mol. The lowest BCUT2D eigenvalue weighted by atomic mass is 10.1. The first-order valence-electron chi connectivity index (χ1n) is 7.11. The summed E-state index contributed by atoms with van der Waals surface area (Å²) in [7, 11) is 3.31. The van der Waals surface area contributed by atoms with E-state index in [0.29, 0.717) is 31.9 Å². The number of carbonyl (C=O) groups excluding carboxylic acids is 1. The molecule has 0 radical (unpaired) electrons. The molecule has 0 saturated carbocycles. The first-order chi connectivity index (χ1) is 10.3. The van der Waals surface area contributed by atoms with Crippen molar-refractivity contribution in [3.8, 4) is 0 Å². The summed E-state index contributed by atoms with van der Waals surface area (Å²) in [6.07, 6.45) is 2.67. The number of methoxy groups -OCH3 is 2. The Bertz CT molecular complexity index is 580. The van der Waals surface area contributed by atoms with Crippen LogP contribution in [0.3, 0.4) is 0 Å². The van der Waals surface area contributed by atoms with Crippen molar-refractivity contribution in [1.82, 2.24) is 9.88 Å². The molecule has 0 bridgehead atoms. The van der Waals surface area contributed by atoms with E-state index in [1.807, 2.05) is 35.4 Å². The minimum Gasteiger partial charge on any atom is -0.385 e. The smallest absolute Gasteiger partial charge is 0.256 e. The van der Waals surface area contributed by atoms with Crippen molar-refractivity contribution in [3.05, 3.63) is 36.0 Å². The number of nitrogens with zero attached hydrogens (tertiary/aromatic N) is 1. The third kappa shape index (κ3) is 3.83. The summed E-state index contributed by atoms with van der Waals surface area (Å²) in [5.74, 6) is 0.0243. The maximum absolute atomic E-state index is 12.8. The van der Waals surface area contributed by atoms with Gasteiger partial charge in [-0.05, 0) is 18.6 Å². The Hall–Kier alpha value is -1.85. The van der Waals surface area contributed by atoms with Crippen LogP contribution < -0.4 is 0 Å². The Morgan fingerprint density at radius 1 is 1.14 bits per heavy atom. The van der Waals surface area contributed by atoms with Crippen LogP contribution in [0.25, 0.3) is 10.9 Å². The molecule has 1 aromatic heterocycles. The Morgan fingerprint density at radius 2 is 1.95 bits per heavy atom. The molecule has 0 aliphatic heterocycles. The molecule has 1 aromatic carbocycles. The van der Waals surface area contributed by atoms with Gasteiger partial charge >= 0.3 is 0 Å². The number of fused-ring (bicyclic) bond motifs is 1. The average molecular weight is 290 g/mol. The highest BCUT2D eigenvalue weighted by Crippen LogP contribution is 2.18. The summed E-state index contributed by atoms with van der Waals surface area (Å²) in [6, 6.07) is 7.73. The molecular formula is C16H22N2O3. The van der Waals surface area contributed by atoms with E-state index in [1.54, 1.807) is 14.2 Å². The number of benzene rings is 1. The monoisotopic (exact) mass is 290 g/mol. The topological polar surface area (TPSA) is 54.6 Å². The molecule has 0 aliphatic rings. The zero-order valence-electron chi connectivity index (χ0n) is 12.6. The Labute approximate surface area is 124 Å². The molecule has 1 N–H and O–H groups in total. The molecule has 5 heteroatoms. The zero-order chi connectivity index (χ0) is 15.1. The zero-order valence-corrected chi connectivity index (χ0v) is 12.6. The molecular weight excluding hydrogens is 268 g/mol. The summed E-state index contributed by atoms with van der Waals surface area (Å²) in [5.41, 5.74) is 1.59. The Kier molecular flexibility index (Phi) is 5.78. The molecule has 114 valence electrons. The second kappa shape index (κ2) is 7.81. The van der Waals surface area contributed by atoms with Gasteiger partial charge in [0.25, 0.3) is 5.91 Å². The highest BCUT2D eigenvalue weighted by molar-refractivity contribution is 6.05. The molecule has 0 unspecified atom stereocenters. The van der Waals surface area contributed by atoms with Crippen molar-refractivity contribution in [2.45, 2.75) is 6.42 Å². The normalized spacial score (nSPS) is 11.0. The van der Waals surface area contributed by atoms with Crippen molar-refractivity contribution >= 4 is 16.8 Å². The van der Waals surface area contributed by atoms with Gasteiger partial charge in [-0.25, -0.2) is 0 Å². The molecule has 0 aliphatic carbocycles. The van der Waals surface area contributed by atoms with E-state index in [2.05, 4.69) is 4.98 Å². The fraction of sp³-hybridized carbons (Fsp3) is 0.438. The Morgan fingerprint density at radius 3 is 2.71 bits per heavy atom. The summed E-state index contributed by atoms with van der Waals surface area (Å²) in [5, 5.41) is 1.05. The van der Waals surface area contributed by atoms with Crippen molar-refractivity contribution in [3.63, 3.8) is 0 Å². The lowest BCUT2D eigenvalue weighted by molar-refractivity contribution is 0.0676. The van der Waals surface area contributed by atoms with Gasteiger partial charge in [-0.1, -0.05) is 12.1 Å². The van der Waals surface area contributed by atoms with Crippen LogP contribution in [0.1, 0.15) is 16.8 Å². The third-order valence-corrected chi connectivity index (χ3v) is 3.45. The molecule has 0 spiro atoms. The molecule has 0 fully saturated rings. The van der Waals surface area contributed by atoms with Crippen molar-refractivity contribution < 1.29 is 14.3 Å². The maximum Gasteiger partial charge on any atom is 0.256 e. The standard InChI is InChI=1S/C16H22N2O3/c1-20-11-4-9-18(10-12-21-2)16(19)14-6-3-5-13-7-8-17-15(13)14/h3,5-8,17H,4,9-12H2,1-2H3. The number of rotatable bonds is 8. The minimum atomic E-state index is 0.0243. The van der Waals surface area contributed by atoms with Crippen molar-refractivity contribution in [2.24, 2.45) is 0 Å². The summed E-state index contributed by atoms with van der Waals surface area (Å²) >= 11 is 0. The number of ether oxygens (including phenoxy) is 2. The second-order valence-corrected chi connectivity index (χ2v) is 4.88. The lowest BCUT2D eigenvalue weighted by Gasteiger charge is -2.22. The minimum absolute atomic E-state index is 0.0243. The van der Waals surface area contributed by atoms with E-state index >= 15 is 0 Å². The molecule has 0 atom stereocenters. The van der Waals surface area contributed by atoms with Crippen LogP contribution in [-0.2, 0) is 9.47 Å². The quantitative estimate of drug-likeness (QED) is 0.759. The number of aromatic amines is 1. The predicted octanol–water partition coefficient (Wildman–Crippen LogP) is 2.29. The van der Waals surface area contributed by atoms with Gasteiger partial charge in [0.1, 0.15) is 0 Å². The average Bonchev–Trinajstić information content (AvgIpc) is 2.98. The van der Waals surface area contributed by atoms with E-state index < -0.39 is 0 Å². The van der Waals surface area contributed by atoms with E-state index in [4.69, 9.17) is 9.47 Å². The van der Waals surface area contributed by atoms with Crippen LogP contribution in [0.15, 0.2) is 30.5 Å². The van der Waals surface area contributed by atoms with E-state index in [1.165, 1.54) is 0 Å². The number of aromatic nitrogens is 1. The number of amides is 1. The van der Waals surface area contributed by atoms with Gasteiger partial charge in [0.05, 0.1) is 17.7 Å². The van der Waals surface area contributed by atoms with Crippen LogP contribution in [0.2, 0.25) is 0 Å². The van der Waals surface area contributed by atoms with Gasteiger partial charge in [0, 0.05) is 45.5 Å². The van der Waals surface area contributed by atoms with Gasteiger partial charge in [-0.15, -0.1) is 0 Å². The van der Waals surface area contributed by atoms with Crippen LogP contribution in [0.5, 0.6) is 0 Å². The number of para-hydroxylation sites is 1. The second-order valence-electron chi connectivity index (χ2n) is 4.88.